The third kappa shape index (κ3) is 2.54. The Balaban J connectivity index is 3.56. The Hall–Kier alpha value is -0.950. The number of halogens is 3. The zero-order chi connectivity index (χ0) is 11.8. The van der Waals surface area contributed by atoms with Gasteiger partial charge in [-0.1, -0.05) is 0 Å². The van der Waals surface area contributed by atoms with Crippen LogP contribution in [0.5, 0.6) is 0 Å². The molecular weight excluding hydrogens is 250 g/mol. The molecule has 0 unspecified atom stereocenters. The van der Waals surface area contributed by atoms with E-state index in [-0.39, 0.29) is 5.69 Å². The summed E-state index contributed by atoms with van der Waals surface area (Å²) in [5.41, 5.74) is 3.97. The summed E-state index contributed by atoms with van der Waals surface area (Å²) in [5.74, 6) is 0. The molecule has 0 fully saturated rings. The first-order chi connectivity index (χ1) is 6.73. The minimum Gasteiger partial charge on any atom is -0.396 e. The standard InChI is InChI=1S/C7H7ClF2N2O2S/c1-3-2-4(15(8,13)14)5(11)6(12-3)7(9)10/h2,7H,11H2,1H3. The SMILES string of the molecule is Cc1cc(S(=O)(=O)Cl)c(N)c(C(F)F)n1. The van der Waals surface area contributed by atoms with Gasteiger partial charge in [0.2, 0.25) is 0 Å². The van der Waals surface area contributed by atoms with Crippen molar-refractivity contribution < 1.29 is 17.2 Å². The van der Waals surface area contributed by atoms with Crippen LogP contribution in [0.4, 0.5) is 14.5 Å². The Morgan fingerprint density at radius 2 is 2.07 bits per heavy atom. The Kier molecular flexibility index (Phi) is 3.15. The van der Waals surface area contributed by atoms with Gasteiger partial charge in [-0.15, -0.1) is 0 Å². The lowest BCUT2D eigenvalue weighted by atomic mass is 10.2. The molecule has 0 aliphatic carbocycles. The van der Waals surface area contributed by atoms with Gasteiger partial charge in [0.05, 0.1) is 5.69 Å². The van der Waals surface area contributed by atoms with Gasteiger partial charge in [0.25, 0.3) is 15.5 Å². The quantitative estimate of drug-likeness (QED) is 0.820. The van der Waals surface area contributed by atoms with Crippen molar-refractivity contribution in [2.45, 2.75) is 18.2 Å². The van der Waals surface area contributed by atoms with Crippen LogP contribution in [-0.4, -0.2) is 13.4 Å². The van der Waals surface area contributed by atoms with E-state index in [2.05, 4.69) is 4.98 Å². The molecule has 0 aliphatic rings. The first-order valence-electron chi connectivity index (χ1n) is 3.73. The molecule has 0 radical (unpaired) electrons. The minimum absolute atomic E-state index is 0.110. The summed E-state index contributed by atoms with van der Waals surface area (Å²) in [5, 5.41) is 0. The third-order valence-corrected chi connectivity index (χ3v) is 3.01. The molecule has 15 heavy (non-hydrogen) atoms. The molecule has 2 N–H and O–H groups in total. The Morgan fingerprint density at radius 3 is 2.47 bits per heavy atom. The number of aryl methyl sites for hydroxylation is 1. The van der Waals surface area contributed by atoms with Crippen molar-refractivity contribution >= 4 is 25.4 Å². The number of aromatic nitrogens is 1. The predicted octanol–water partition coefficient (Wildman–Crippen LogP) is 1.84. The number of nitrogens with two attached hydrogens (primary N) is 1. The Bertz CT molecular complexity index is 490. The van der Waals surface area contributed by atoms with Gasteiger partial charge >= 0.3 is 0 Å². The molecule has 0 aromatic carbocycles. The van der Waals surface area contributed by atoms with Gasteiger partial charge in [-0.05, 0) is 13.0 Å². The predicted molar refractivity (Wildman–Crippen MR) is 51.4 cm³/mol. The lowest BCUT2D eigenvalue weighted by molar-refractivity contribution is 0.146. The maximum Gasteiger partial charge on any atom is 0.282 e. The smallest absolute Gasteiger partial charge is 0.282 e. The van der Waals surface area contributed by atoms with Gasteiger partial charge in [-0.3, -0.25) is 0 Å². The summed E-state index contributed by atoms with van der Waals surface area (Å²) in [6, 6.07) is 1.05. The van der Waals surface area contributed by atoms with Crippen molar-refractivity contribution in [2.75, 3.05) is 5.73 Å². The molecule has 1 heterocycles. The fourth-order valence-electron chi connectivity index (χ4n) is 1.04. The fraction of sp³-hybridized carbons (Fsp3) is 0.286. The van der Waals surface area contributed by atoms with Crippen molar-refractivity contribution in [3.8, 4) is 0 Å². The van der Waals surface area contributed by atoms with Crippen molar-refractivity contribution in [2.24, 2.45) is 0 Å². The van der Waals surface area contributed by atoms with E-state index in [1.54, 1.807) is 0 Å². The van der Waals surface area contributed by atoms with Gasteiger partial charge in [0, 0.05) is 16.4 Å². The van der Waals surface area contributed by atoms with Crippen LogP contribution in [0.1, 0.15) is 17.8 Å². The molecule has 0 aliphatic heterocycles. The van der Waals surface area contributed by atoms with Crippen molar-refractivity contribution in [3.05, 3.63) is 17.5 Å². The summed E-state index contributed by atoms with van der Waals surface area (Å²) in [4.78, 5) is 2.91. The van der Waals surface area contributed by atoms with Gasteiger partial charge in [-0.25, -0.2) is 22.2 Å². The molecule has 1 rings (SSSR count). The number of pyridine rings is 1. The molecule has 8 heteroatoms. The van der Waals surface area contributed by atoms with Crippen LogP contribution in [0.15, 0.2) is 11.0 Å². The van der Waals surface area contributed by atoms with Crippen molar-refractivity contribution in [1.29, 1.82) is 0 Å². The van der Waals surface area contributed by atoms with Crippen LogP contribution < -0.4 is 5.73 Å². The number of anilines is 1. The van der Waals surface area contributed by atoms with Crippen LogP contribution in [0.3, 0.4) is 0 Å². The van der Waals surface area contributed by atoms with Gasteiger partial charge in [0.15, 0.2) is 0 Å². The number of rotatable bonds is 2. The van der Waals surface area contributed by atoms with Gasteiger partial charge in [-0.2, -0.15) is 0 Å². The number of nitrogens with zero attached hydrogens (tertiary/aromatic N) is 1. The largest absolute Gasteiger partial charge is 0.396 e. The Morgan fingerprint density at radius 1 is 1.53 bits per heavy atom. The zero-order valence-electron chi connectivity index (χ0n) is 7.54. The summed E-state index contributed by atoms with van der Waals surface area (Å²) >= 11 is 0. The van der Waals surface area contributed by atoms with Crippen LogP contribution >= 0.6 is 10.7 Å². The highest BCUT2D eigenvalue weighted by atomic mass is 35.7. The second-order valence-electron chi connectivity index (χ2n) is 2.80. The van der Waals surface area contributed by atoms with E-state index in [1.165, 1.54) is 6.92 Å². The normalized spacial score (nSPS) is 12.1. The number of hydrogen-bond donors (Lipinski definition) is 1. The summed E-state index contributed by atoms with van der Waals surface area (Å²) < 4.78 is 46.8. The van der Waals surface area contributed by atoms with Crippen LogP contribution in [0, 0.1) is 6.92 Å². The summed E-state index contributed by atoms with van der Waals surface area (Å²) in [6.45, 7) is 1.37. The van der Waals surface area contributed by atoms with E-state index in [9.17, 15) is 17.2 Å². The number of nitrogen functional groups attached to an aromatic ring is 1. The zero-order valence-corrected chi connectivity index (χ0v) is 9.11. The second-order valence-corrected chi connectivity index (χ2v) is 5.33. The Labute approximate surface area is 89.5 Å². The highest BCUT2D eigenvalue weighted by molar-refractivity contribution is 8.13. The van der Waals surface area contributed by atoms with E-state index >= 15 is 0 Å². The minimum atomic E-state index is -4.14. The van der Waals surface area contributed by atoms with Crippen molar-refractivity contribution in [1.82, 2.24) is 4.98 Å². The van der Waals surface area contributed by atoms with Gasteiger partial charge < -0.3 is 5.73 Å². The summed E-state index contributed by atoms with van der Waals surface area (Å²) in [7, 11) is 0.894. The first-order valence-corrected chi connectivity index (χ1v) is 6.04. The lowest BCUT2D eigenvalue weighted by Gasteiger charge is -2.08. The molecule has 0 saturated heterocycles. The molecule has 4 nitrogen and oxygen atoms in total. The van der Waals surface area contributed by atoms with E-state index in [4.69, 9.17) is 16.4 Å². The molecule has 84 valence electrons. The molecule has 0 amide bonds. The maximum atomic E-state index is 12.4. The highest BCUT2D eigenvalue weighted by Gasteiger charge is 2.23. The monoisotopic (exact) mass is 256 g/mol. The van der Waals surface area contributed by atoms with Crippen LogP contribution in [-0.2, 0) is 9.05 Å². The average Bonchev–Trinajstić information content (AvgIpc) is 2.06. The van der Waals surface area contributed by atoms with Crippen LogP contribution in [0.2, 0.25) is 0 Å². The number of alkyl halides is 2. The van der Waals surface area contributed by atoms with Crippen LogP contribution in [0.25, 0.3) is 0 Å². The fourth-order valence-corrected chi connectivity index (χ4v) is 2.11. The molecule has 1 aromatic rings. The molecule has 0 spiro atoms. The molecule has 0 atom stereocenters. The van der Waals surface area contributed by atoms with Crippen molar-refractivity contribution in [3.63, 3.8) is 0 Å². The lowest BCUT2D eigenvalue weighted by Crippen LogP contribution is -2.06. The maximum absolute atomic E-state index is 12.4. The third-order valence-electron chi connectivity index (χ3n) is 1.65. The average molecular weight is 257 g/mol. The van der Waals surface area contributed by atoms with E-state index in [0.717, 1.165) is 6.07 Å². The molecular formula is C7H7ClF2N2O2S. The second kappa shape index (κ2) is 3.90. The highest BCUT2D eigenvalue weighted by Crippen LogP contribution is 2.30. The number of hydrogen-bond acceptors (Lipinski definition) is 4. The van der Waals surface area contributed by atoms with E-state index < -0.39 is 31.8 Å². The van der Waals surface area contributed by atoms with E-state index in [0.29, 0.717) is 0 Å². The molecule has 0 bridgehead atoms. The van der Waals surface area contributed by atoms with Gasteiger partial charge in [0.1, 0.15) is 10.6 Å². The topological polar surface area (TPSA) is 73.0 Å². The first kappa shape index (κ1) is 12.1. The summed E-state index contributed by atoms with van der Waals surface area (Å²) in [6.07, 6.45) is -2.94. The molecule has 1 aromatic heterocycles. The molecule has 0 saturated carbocycles. The van der Waals surface area contributed by atoms with E-state index in [1.807, 2.05) is 0 Å².